The zero-order valence-electron chi connectivity index (χ0n) is 9.82. The van der Waals surface area contributed by atoms with Gasteiger partial charge in [-0.3, -0.25) is 0 Å². The van der Waals surface area contributed by atoms with E-state index in [-0.39, 0.29) is 11.9 Å². The summed E-state index contributed by atoms with van der Waals surface area (Å²) in [5.74, 6) is 0.684. The van der Waals surface area contributed by atoms with Gasteiger partial charge in [-0.25, -0.2) is 4.39 Å². The Kier molecular flexibility index (Phi) is 3.94. The van der Waals surface area contributed by atoms with Crippen molar-refractivity contribution in [2.24, 2.45) is 0 Å². The monoisotopic (exact) mass is 233 g/mol. The molecule has 2 aromatic rings. The second kappa shape index (κ2) is 5.64. The lowest BCUT2D eigenvalue weighted by Gasteiger charge is -2.17. The molecule has 0 aliphatic heterocycles. The Morgan fingerprint density at radius 3 is 2.71 bits per heavy atom. The number of likely N-dealkylation sites (N-methyl/N-ethyl adjacent to an activating group) is 1. The van der Waals surface area contributed by atoms with Crippen LogP contribution in [0.1, 0.15) is 24.3 Å². The molecule has 0 bridgehead atoms. The molecular weight excluding hydrogens is 217 g/mol. The summed E-state index contributed by atoms with van der Waals surface area (Å²) in [7, 11) is 0. The van der Waals surface area contributed by atoms with Gasteiger partial charge in [-0.05, 0) is 24.7 Å². The maximum absolute atomic E-state index is 13.7. The predicted octanol–water partition coefficient (Wildman–Crippen LogP) is 3.31. The predicted molar refractivity (Wildman–Crippen MR) is 65.2 cm³/mol. The average Bonchev–Trinajstić information content (AvgIpc) is 2.82. The van der Waals surface area contributed by atoms with E-state index in [0.29, 0.717) is 12.0 Å². The minimum absolute atomic E-state index is 0.0488. The van der Waals surface area contributed by atoms with Crippen LogP contribution in [-0.2, 0) is 6.42 Å². The van der Waals surface area contributed by atoms with E-state index in [1.54, 1.807) is 12.3 Å². The number of halogens is 1. The Labute approximate surface area is 100 Å². The van der Waals surface area contributed by atoms with Crippen LogP contribution in [0.5, 0.6) is 0 Å². The van der Waals surface area contributed by atoms with Crippen molar-refractivity contribution in [2.75, 3.05) is 6.54 Å². The molecule has 17 heavy (non-hydrogen) atoms. The number of nitrogens with one attached hydrogen (secondary N) is 1. The largest absolute Gasteiger partial charge is 0.469 e. The average molecular weight is 233 g/mol. The molecule has 2 nitrogen and oxygen atoms in total. The first kappa shape index (κ1) is 11.9. The van der Waals surface area contributed by atoms with E-state index in [1.807, 2.05) is 31.2 Å². The van der Waals surface area contributed by atoms with E-state index in [0.717, 1.165) is 12.3 Å². The van der Waals surface area contributed by atoms with Crippen molar-refractivity contribution in [3.8, 4) is 0 Å². The van der Waals surface area contributed by atoms with Crippen molar-refractivity contribution >= 4 is 0 Å². The fourth-order valence-corrected chi connectivity index (χ4v) is 1.93. The molecule has 1 N–H and O–H groups in total. The zero-order valence-corrected chi connectivity index (χ0v) is 9.82. The van der Waals surface area contributed by atoms with Gasteiger partial charge in [-0.15, -0.1) is 0 Å². The van der Waals surface area contributed by atoms with Gasteiger partial charge in [0.05, 0.1) is 6.26 Å². The lowest BCUT2D eigenvalue weighted by atomic mass is 10.0. The molecule has 0 amide bonds. The molecule has 2 rings (SSSR count). The Balaban J connectivity index is 2.20. The number of benzene rings is 1. The first-order chi connectivity index (χ1) is 8.31. The van der Waals surface area contributed by atoms with Crippen LogP contribution in [0.2, 0.25) is 0 Å². The van der Waals surface area contributed by atoms with E-state index < -0.39 is 0 Å². The highest BCUT2D eigenvalue weighted by molar-refractivity contribution is 5.22. The van der Waals surface area contributed by atoms with Crippen molar-refractivity contribution in [3.05, 3.63) is 59.8 Å². The van der Waals surface area contributed by atoms with Crippen LogP contribution in [0, 0.1) is 5.82 Å². The van der Waals surface area contributed by atoms with Gasteiger partial charge in [0, 0.05) is 18.0 Å². The summed E-state index contributed by atoms with van der Waals surface area (Å²) in [5.41, 5.74) is 0.686. The van der Waals surface area contributed by atoms with Gasteiger partial charge in [-0.1, -0.05) is 25.1 Å². The van der Waals surface area contributed by atoms with Crippen LogP contribution < -0.4 is 5.32 Å². The lowest BCUT2D eigenvalue weighted by molar-refractivity contribution is 0.444. The van der Waals surface area contributed by atoms with Crippen molar-refractivity contribution in [3.63, 3.8) is 0 Å². The fraction of sp³-hybridized carbons (Fsp3) is 0.286. The highest BCUT2D eigenvalue weighted by atomic mass is 19.1. The van der Waals surface area contributed by atoms with Crippen LogP contribution in [0.4, 0.5) is 4.39 Å². The van der Waals surface area contributed by atoms with E-state index in [9.17, 15) is 4.39 Å². The second-order valence-electron chi connectivity index (χ2n) is 3.92. The molecule has 90 valence electrons. The maximum atomic E-state index is 13.7. The third-order valence-corrected chi connectivity index (χ3v) is 2.72. The smallest absolute Gasteiger partial charge is 0.127 e. The Morgan fingerprint density at radius 1 is 1.24 bits per heavy atom. The molecule has 1 heterocycles. The van der Waals surface area contributed by atoms with Crippen molar-refractivity contribution in [1.82, 2.24) is 5.32 Å². The standard InChI is InChI=1S/C14H16FNO/c1-2-16-14(10-11-6-5-9-17-11)12-7-3-4-8-13(12)15/h3-9,14,16H,2,10H2,1H3. The summed E-state index contributed by atoms with van der Waals surface area (Å²) in [6.45, 7) is 2.80. The Hall–Kier alpha value is -1.61. The molecule has 1 unspecified atom stereocenters. The van der Waals surface area contributed by atoms with Gasteiger partial charge in [0.1, 0.15) is 11.6 Å². The topological polar surface area (TPSA) is 25.2 Å². The molecule has 0 fully saturated rings. The molecule has 1 aromatic heterocycles. The SMILES string of the molecule is CCNC(Cc1ccco1)c1ccccc1F. The van der Waals surface area contributed by atoms with Gasteiger partial charge in [0.15, 0.2) is 0 Å². The van der Waals surface area contributed by atoms with Gasteiger partial charge in [0.2, 0.25) is 0 Å². The summed E-state index contributed by atoms with van der Waals surface area (Å²) in [5, 5.41) is 3.28. The minimum Gasteiger partial charge on any atom is -0.469 e. The van der Waals surface area contributed by atoms with Crippen molar-refractivity contribution in [1.29, 1.82) is 0 Å². The molecule has 3 heteroatoms. The molecule has 1 aromatic carbocycles. The van der Waals surface area contributed by atoms with E-state index in [1.165, 1.54) is 6.07 Å². The molecule has 0 spiro atoms. The lowest BCUT2D eigenvalue weighted by Crippen LogP contribution is -2.23. The highest BCUT2D eigenvalue weighted by Crippen LogP contribution is 2.21. The summed E-state index contributed by atoms with van der Waals surface area (Å²) < 4.78 is 19.0. The summed E-state index contributed by atoms with van der Waals surface area (Å²) in [6, 6.07) is 10.6. The summed E-state index contributed by atoms with van der Waals surface area (Å²) in [4.78, 5) is 0. The first-order valence-corrected chi connectivity index (χ1v) is 5.81. The van der Waals surface area contributed by atoms with Crippen LogP contribution in [0.25, 0.3) is 0 Å². The Morgan fingerprint density at radius 2 is 2.06 bits per heavy atom. The molecule has 0 aliphatic carbocycles. The quantitative estimate of drug-likeness (QED) is 0.857. The van der Waals surface area contributed by atoms with E-state index >= 15 is 0 Å². The summed E-state index contributed by atoms with van der Waals surface area (Å²) in [6.07, 6.45) is 2.29. The molecule has 0 saturated heterocycles. The van der Waals surface area contributed by atoms with Gasteiger partial charge >= 0.3 is 0 Å². The zero-order chi connectivity index (χ0) is 12.1. The van der Waals surface area contributed by atoms with Gasteiger partial charge in [0.25, 0.3) is 0 Å². The second-order valence-corrected chi connectivity index (χ2v) is 3.92. The highest BCUT2D eigenvalue weighted by Gasteiger charge is 2.15. The molecule has 0 radical (unpaired) electrons. The van der Waals surface area contributed by atoms with Crippen molar-refractivity contribution < 1.29 is 8.81 Å². The summed E-state index contributed by atoms with van der Waals surface area (Å²) >= 11 is 0. The minimum atomic E-state index is -0.176. The molecule has 0 saturated carbocycles. The molecule has 1 atom stereocenters. The number of furan rings is 1. The van der Waals surface area contributed by atoms with Gasteiger partial charge < -0.3 is 9.73 Å². The molecule has 0 aliphatic rings. The normalized spacial score (nSPS) is 12.6. The van der Waals surface area contributed by atoms with Crippen LogP contribution in [0.15, 0.2) is 47.1 Å². The van der Waals surface area contributed by atoms with E-state index in [4.69, 9.17) is 4.42 Å². The fourth-order valence-electron chi connectivity index (χ4n) is 1.93. The Bertz CT molecular complexity index is 453. The van der Waals surface area contributed by atoms with Crippen LogP contribution >= 0.6 is 0 Å². The van der Waals surface area contributed by atoms with Crippen LogP contribution in [0.3, 0.4) is 0 Å². The maximum Gasteiger partial charge on any atom is 0.127 e. The number of hydrogen-bond acceptors (Lipinski definition) is 2. The van der Waals surface area contributed by atoms with Crippen LogP contribution in [-0.4, -0.2) is 6.54 Å². The van der Waals surface area contributed by atoms with Gasteiger partial charge in [-0.2, -0.15) is 0 Å². The van der Waals surface area contributed by atoms with E-state index in [2.05, 4.69) is 5.32 Å². The first-order valence-electron chi connectivity index (χ1n) is 5.81. The number of rotatable bonds is 5. The number of hydrogen-bond donors (Lipinski definition) is 1. The third kappa shape index (κ3) is 2.94. The van der Waals surface area contributed by atoms with Crippen molar-refractivity contribution in [2.45, 2.75) is 19.4 Å². The third-order valence-electron chi connectivity index (χ3n) is 2.72. The molecular formula is C14H16FNO.